The van der Waals surface area contributed by atoms with E-state index in [1.165, 1.54) is 18.5 Å². The molecule has 2 aromatic rings. The lowest BCUT2D eigenvalue weighted by Gasteiger charge is -2.41. The molecule has 2 fully saturated rings. The second-order valence-corrected chi connectivity index (χ2v) is 8.14. The van der Waals surface area contributed by atoms with Crippen molar-refractivity contribution < 1.29 is 4.79 Å². The van der Waals surface area contributed by atoms with Crippen LogP contribution in [-0.4, -0.2) is 29.0 Å². The molecule has 6 nitrogen and oxygen atoms in total. The molecule has 5 rings (SSSR count). The van der Waals surface area contributed by atoms with E-state index >= 15 is 0 Å². The van der Waals surface area contributed by atoms with Crippen LogP contribution in [0.3, 0.4) is 0 Å². The van der Waals surface area contributed by atoms with Gasteiger partial charge in [-0.1, -0.05) is 12.2 Å². The number of piperidine rings is 1. The fourth-order valence-electron chi connectivity index (χ4n) is 5.17. The highest BCUT2D eigenvalue weighted by Gasteiger charge is 2.41. The highest BCUT2D eigenvalue weighted by molar-refractivity contribution is 6.00. The van der Waals surface area contributed by atoms with Gasteiger partial charge in [-0.05, 0) is 49.9 Å². The van der Waals surface area contributed by atoms with Crippen LogP contribution in [0.1, 0.15) is 52.9 Å². The number of aromatic nitrogens is 1. The van der Waals surface area contributed by atoms with Crippen LogP contribution in [0.5, 0.6) is 0 Å². The number of nitrogens with one attached hydrogen (secondary N) is 1. The lowest BCUT2D eigenvalue weighted by atomic mass is 9.95. The standard InChI is InChI=1S/C23H23N5O/c24-12-14-4-6-16(7-5-14)28-17-8-9-18(28)11-15(10-17)27-22-19-2-1-3-21(19)26-13-20(22)23(25)29/h1-2,4-7,13,15,17-18H,3,8-11H2,(H2,25,29)(H,26,27)/t17-,18-/m0/s1. The number of primary amides is 1. The molecular formula is C23H23N5O. The number of anilines is 2. The minimum atomic E-state index is -0.443. The first-order valence-electron chi connectivity index (χ1n) is 10.2. The first-order chi connectivity index (χ1) is 14.1. The number of nitriles is 1. The third-order valence-corrected chi connectivity index (χ3v) is 6.44. The van der Waals surface area contributed by atoms with Crippen molar-refractivity contribution in [1.29, 1.82) is 5.26 Å². The Balaban J connectivity index is 1.39. The number of pyridine rings is 1. The molecule has 3 N–H and O–H groups in total. The molecule has 146 valence electrons. The zero-order valence-electron chi connectivity index (χ0n) is 16.1. The van der Waals surface area contributed by atoms with E-state index in [0.29, 0.717) is 29.3 Å². The molecule has 1 aromatic carbocycles. The van der Waals surface area contributed by atoms with Crippen LogP contribution in [0.25, 0.3) is 6.08 Å². The van der Waals surface area contributed by atoms with Crippen LogP contribution in [0.4, 0.5) is 11.4 Å². The van der Waals surface area contributed by atoms with Gasteiger partial charge in [0.25, 0.3) is 5.91 Å². The number of hydrogen-bond acceptors (Lipinski definition) is 5. The summed E-state index contributed by atoms with van der Waals surface area (Å²) < 4.78 is 0. The van der Waals surface area contributed by atoms with Crippen LogP contribution in [0.15, 0.2) is 36.5 Å². The number of fused-ring (bicyclic) bond motifs is 3. The van der Waals surface area contributed by atoms with Gasteiger partial charge in [0.2, 0.25) is 0 Å². The Morgan fingerprint density at radius 1 is 1.21 bits per heavy atom. The fraction of sp³-hybridized carbons (Fsp3) is 0.348. The average Bonchev–Trinajstić information content (AvgIpc) is 3.31. The van der Waals surface area contributed by atoms with Gasteiger partial charge in [-0.25, -0.2) is 0 Å². The lowest BCUT2D eigenvalue weighted by Crippen LogP contribution is -2.47. The molecule has 2 atom stereocenters. The number of nitrogens with two attached hydrogens (primary N) is 1. The van der Waals surface area contributed by atoms with Crippen LogP contribution in [-0.2, 0) is 6.42 Å². The lowest BCUT2D eigenvalue weighted by molar-refractivity contribution is 0.100. The van der Waals surface area contributed by atoms with E-state index < -0.39 is 5.91 Å². The van der Waals surface area contributed by atoms with Crippen molar-refractivity contribution in [1.82, 2.24) is 4.98 Å². The van der Waals surface area contributed by atoms with Gasteiger partial charge in [-0.3, -0.25) is 9.78 Å². The van der Waals surface area contributed by atoms with Crippen molar-refractivity contribution in [2.24, 2.45) is 5.73 Å². The van der Waals surface area contributed by atoms with Crippen LogP contribution in [0.2, 0.25) is 0 Å². The number of benzene rings is 1. The highest BCUT2D eigenvalue weighted by atomic mass is 16.1. The molecule has 3 aliphatic rings. The van der Waals surface area contributed by atoms with Crippen molar-refractivity contribution in [2.45, 2.75) is 50.2 Å². The summed E-state index contributed by atoms with van der Waals surface area (Å²) in [5, 5.41) is 12.7. The van der Waals surface area contributed by atoms with Gasteiger partial charge in [0.1, 0.15) is 0 Å². The minimum Gasteiger partial charge on any atom is -0.381 e. The van der Waals surface area contributed by atoms with Gasteiger partial charge in [0.05, 0.1) is 28.6 Å². The van der Waals surface area contributed by atoms with E-state index in [9.17, 15) is 4.79 Å². The predicted molar refractivity (Wildman–Crippen MR) is 113 cm³/mol. The number of amides is 1. The number of carbonyl (C=O) groups excluding carboxylic acids is 1. The van der Waals surface area contributed by atoms with Crippen molar-refractivity contribution >= 4 is 23.4 Å². The Kier molecular flexibility index (Phi) is 4.24. The molecule has 6 heteroatoms. The largest absolute Gasteiger partial charge is 0.381 e. The van der Waals surface area contributed by atoms with Crippen molar-refractivity contribution in [3.63, 3.8) is 0 Å². The van der Waals surface area contributed by atoms with Gasteiger partial charge in [-0.15, -0.1) is 0 Å². The van der Waals surface area contributed by atoms with Gasteiger partial charge in [0, 0.05) is 42.0 Å². The summed E-state index contributed by atoms with van der Waals surface area (Å²) in [5.41, 5.74) is 10.8. The van der Waals surface area contributed by atoms with Gasteiger partial charge < -0.3 is 16.0 Å². The van der Waals surface area contributed by atoms with Crippen LogP contribution >= 0.6 is 0 Å². The van der Waals surface area contributed by atoms with Crippen LogP contribution < -0.4 is 16.0 Å². The summed E-state index contributed by atoms with van der Waals surface area (Å²) in [7, 11) is 0. The predicted octanol–water partition coefficient (Wildman–Crippen LogP) is 3.23. The molecule has 2 aliphatic heterocycles. The normalized spacial score (nSPS) is 24.2. The van der Waals surface area contributed by atoms with E-state index in [2.05, 4.69) is 39.5 Å². The number of rotatable bonds is 4. The first kappa shape index (κ1) is 17.7. The SMILES string of the molecule is N#Cc1ccc(N2[C@H]3CC[C@H]2CC(Nc2c(C(N)=O)cnc4c2C=CC4)C3)cc1. The molecule has 29 heavy (non-hydrogen) atoms. The molecule has 2 bridgehead atoms. The molecule has 1 aliphatic carbocycles. The molecule has 2 saturated heterocycles. The monoisotopic (exact) mass is 385 g/mol. The Bertz CT molecular complexity index is 1020. The number of nitrogens with zero attached hydrogens (tertiary/aromatic N) is 3. The van der Waals surface area contributed by atoms with Crippen molar-refractivity contribution in [3.05, 3.63) is 58.9 Å². The summed E-state index contributed by atoms with van der Waals surface area (Å²) >= 11 is 0. The summed E-state index contributed by atoms with van der Waals surface area (Å²) in [6.45, 7) is 0. The molecule has 3 heterocycles. The van der Waals surface area contributed by atoms with Crippen LogP contribution in [0, 0.1) is 11.3 Å². The third-order valence-electron chi connectivity index (χ3n) is 6.44. The maximum Gasteiger partial charge on any atom is 0.252 e. The maximum atomic E-state index is 12.0. The van der Waals surface area contributed by atoms with E-state index in [1.54, 1.807) is 6.20 Å². The Labute approximate surface area is 170 Å². The summed E-state index contributed by atoms with van der Waals surface area (Å²) in [6, 6.07) is 11.3. The topological polar surface area (TPSA) is 95.0 Å². The van der Waals surface area contributed by atoms with Gasteiger partial charge in [0.15, 0.2) is 0 Å². The number of carbonyl (C=O) groups is 1. The second-order valence-electron chi connectivity index (χ2n) is 8.14. The zero-order chi connectivity index (χ0) is 20.0. The van der Waals surface area contributed by atoms with Gasteiger partial charge in [-0.2, -0.15) is 5.26 Å². The quantitative estimate of drug-likeness (QED) is 0.842. The molecule has 1 aromatic heterocycles. The summed E-state index contributed by atoms with van der Waals surface area (Å²) in [6.07, 6.45) is 10.9. The minimum absolute atomic E-state index is 0.292. The highest BCUT2D eigenvalue weighted by Crippen LogP contribution is 2.41. The van der Waals surface area contributed by atoms with Gasteiger partial charge >= 0.3 is 0 Å². The molecule has 0 saturated carbocycles. The Morgan fingerprint density at radius 3 is 2.59 bits per heavy atom. The zero-order valence-corrected chi connectivity index (χ0v) is 16.1. The molecule has 0 unspecified atom stereocenters. The number of hydrogen-bond donors (Lipinski definition) is 2. The molecule has 0 radical (unpaired) electrons. The van der Waals surface area contributed by atoms with Crippen molar-refractivity contribution in [2.75, 3.05) is 10.2 Å². The molecule has 0 spiro atoms. The average molecular weight is 385 g/mol. The van der Waals surface area contributed by atoms with Crippen molar-refractivity contribution in [3.8, 4) is 6.07 Å². The smallest absolute Gasteiger partial charge is 0.252 e. The summed E-state index contributed by atoms with van der Waals surface area (Å²) in [5.74, 6) is -0.443. The molecular weight excluding hydrogens is 362 g/mol. The van der Waals surface area contributed by atoms with E-state index in [4.69, 9.17) is 11.0 Å². The third kappa shape index (κ3) is 3.03. The van der Waals surface area contributed by atoms with E-state index in [-0.39, 0.29) is 0 Å². The summed E-state index contributed by atoms with van der Waals surface area (Å²) in [4.78, 5) is 18.9. The Hall–Kier alpha value is -3.33. The van der Waals surface area contributed by atoms with E-state index in [1.807, 2.05) is 18.2 Å². The maximum absolute atomic E-state index is 12.0. The van der Waals surface area contributed by atoms with E-state index in [0.717, 1.165) is 36.2 Å². The first-order valence-corrected chi connectivity index (χ1v) is 10.2. The molecule has 1 amide bonds. The fourth-order valence-corrected chi connectivity index (χ4v) is 5.17. The Morgan fingerprint density at radius 2 is 1.93 bits per heavy atom. The number of allylic oxidation sites excluding steroid dienone is 1. The second kappa shape index (κ2) is 6.93.